The van der Waals surface area contributed by atoms with Gasteiger partial charge >= 0.3 is 0 Å². The summed E-state index contributed by atoms with van der Waals surface area (Å²) in [6.07, 6.45) is 3.98. The summed E-state index contributed by atoms with van der Waals surface area (Å²) in [6, 6.07) is 13.0. The quantitative estimate of drug-likeness (QED) is 0.547. The number of aromatic hydroxyl groups is 1. The van der Waals surface area contributed by atoms with Gasteiger partial charge in [0.15, 0.2) is 5.65 Å². The maximum Gasteiger partial charge on any atom is 0.263 e. The summed E-state index contributed by atoms with van der Waals surface area (Å²) in [6.45, 7) is 0. The van der Waals surface area contributed by atoms with E-state index >= 15 is 0 Å². The Hall–Kier alpha value is -2.14. The van der Waals surface area contributed by atoms with Gasteiger partial charge in [-0.2, -0.15) is 0 Å². The molecule has 0 saturated carbocycles. The number of rotatable bonds is 5. The average molecular weight is 373 g/mol. The standard InChI is InChI=1S/C18H17BrN2O2/c19-11-5-4-9-15-16(22)14-10-6-12-20-17(14)21(18(15)23)13-7-2-1-3-8-13/h1-3,6-8,10,12,22H,4-5,9,11H2. The summed E-state index contributed by atoms with van der Waals surface area (Å²) in [7, 11) is 0. The van der Waals surface area contributed by atoms with E-state index in [0.717, 1.165) is 23.9 Å². The molecule has 3 rings (SSSR count). The highest BCUT2D eigenvalue weighted by atomic mass is 79.9. The molecular formula is C18H17BrN2O2. The molecule has 0 unspecified atom stereocenters. The van der Waals surface area contributed by atoms with Crippen molar-refractivity contribution in [2.45, 2.75) is 19.3 Å². The molecule has 0 radical (unpaired) electrons. The molecule has 5 heteroatoms. The molecule has 2 heterocycles. The van der Waals surface area contributed by atoms with E-state index in [-0.39, 0.29) is 11.3 Å². The first-order chi connectivity index (χ1) is 11.2. The first-order valence-electron chi connectivity index (χ1n) is 7.57. The largest absolute Gasteiger partial charge is 0.507 e. The number of hydrogen-bond acceptors (Lipinski definition) is 3. The number of aromatic nitrogens is 2. The van der Waals surface area contributed by atoms with Crippen LogP contribution < -0.4 is 5.56 Å². The highest BCUT2D eigenvalue weighted by molar-refractivity contribution is 9.09. The maximum absolute atomic E-state index is 12.9. The minimum absolute atomic E-state index is 0.0554. The predicted molar refractivity (Wildman–Crippen MR) is 95.7 cm³/mol. The first-order valence-corrected chi connectivity index (χ1v) is 8.69. The van der Waals surface area contributed by atoms with Crippen molar-refractivity contribution in [3.8, 4) is 11.4 Å². The summed E-state index contributed by atoms with van der Waals surface area (Å²) in [5.41, 5.74) is 1.48. The fourth-order valence-electron chi connectivity index (χ4n) is 2.69. The van der Waals surface area contributed by atoms with Crippen LogP contribution in [0.5, 0.6) is 5.75 Å². The Morgan fingerprint density at radius 1 is 1.09 bits per heavy atom. The van der Waals surface area contributed by atoms with Gasteiger partial charge < -0.3 is 5.11 Å². The lowest BCUT2D eigenvalue weighted by molar-refractivity contribution is 0.470. The van der Waals surface area contributed by atoms with Crippen LogP contribution in [0.4, 0.5) is 0 Å². The molecule has 1 aromatic carbocycles. The van der Waals surface area contributed by atoms with Crippen LogP contribution in [0, 0.1) is 0 Å². The third-order valence-electron chi connectivity index (χ3n) is 3.83. The monoisotopic (exact) mass is 372 g/mol. The molecule has 0 amide bonds. The average Bonchev–Trinajstić information content (AvgIpc) is 2.59. The molecule has 0 fully saturated rings. The Morgan fingerprint density at radius 2 is 1.87 bits per heavy atom. The van der Waals surface area contributed by atoms with E-state index in [9.17, 15) is 9.90 Å². The summed E-state index contributed by atoms with van der Waals surface area (Å²) in [5, 5.41) is 12.0. The van der Waals surface area contributed by atoms with Crippen molar-refractivity contribution >= 4 is 27.0 Å². The smallest absolute Gasteiger partial charge is 0.263 e. The molecule has 118 valence electrons. The second kappa shape index (κ2) is 6.96. The molecule has 0 aliphatic heterocycles. The third kappa shape index (κ3) is 3.01. The van der Waals surface area contributed by atoms with Crippen molar-refractivity contribution in [3.05, 3.63) is 64.6 Å². The SMILES string of the molecule is O=c1c(CCCCBr)c(O)c2cccnc2n1-c1ccccc1. The summed E-state index contributed by atoms with van der Waals surface area (Å²) >= 11 is 3.40. The number of unbranched alkanes of at least 4 members (excludes halogenated alkanes) is 1. The van der Waals surface area contributed by atoms with Gasteiger partial charge in [0.2, 0.25) is 0 Å². The fraction of sp³-hybridized carbons (Fsp3) is 0.222. The van der Waals surface area contributed by atoms with E-state index in [1.807, 2.05) is 30.3 Å². The van der Waals surface area contributed by atoms with Crippen LogP contribution in [-0.4, -0.2) is 20.0 Å². The van der Waals surface area contributed by atoms with Crippen LogP contribution >= 0.6 is 15.9 Å². The number of hydrogen-bond donors (Lipinski definition) is 1. The summed E-state index contributed by atoms with van der Waals surface area (Å²) in [4.78, 5) is 17.3. The Balaban J connectivity index is 2.27. The zero-order chi connectivity index (χ0) is 16.2. The van der Waals surface area contributed by atoms with Gasteiger partial charge in [-0.1, -0.05) is 34.1 Å². The first kappa shape index (κ1) is 15.7. The van der Waals surface area contributed by atoms with E-state index in [1.165, 1.54) is 0 Å². The lowest BCUT2D eigenvalue weighted by Crippen LogP contribution is -2.23. The van der Waals surface area contributed by atoms with Crippen molar-refractivity contribution in [1.29, 1.82) is 0 Å². The van der Waals surface area contributed by atoms with Gasteiger partial charge in [-0.3, -0.25) is 9.36 Å². The van der Waals surface area contributed by atoms with Gasteiger partial charge in [-0.05, 0) is 43.5 Å². The number of fused-ring (bicyclic) bond motifs is 1. The zero-order valence-corrected chi connectivity index (χ0v) is 14.2. The third-order valence-corrected chi connectivity index (χ3v) is 4.39. The molecule has 0 aliphatic rings. The molecule has 2 aromatic heterocycles. The Morgan fingerprint density at radius 3 is 2.61 bits per heavy atom. The second-order valence-corrected chi connectivity index (χ2v) is 6.12. The van der Waals surface area contributed by atoms with Gasteiger partial charge in [0.25, 0.3) is 5.56 Å². The van der Waals surface area contributed by atoms with Crippen LogP contribution in [0.2, 0.25) is 0 Å². The van der Waals surface area contributed by atoms with Crippen LogP contribution in [0.15, 0.2) is 53.5 Å². The van der Waals surface area contributed by atoms with Gasteiger partial charge in [0.1, 0.15) is 5.75 Å². The molecule has 23 heavy (non-hydrogen) atoms. The number of nitrogens with zero attached hydrogens (tertiary/aromatic N) is 2. The number of halogens is 1. The van der Waals surface area contributed by atoms with Crippen molar-refractivity contribution in [1.82, 2.24) is 9.55 Å². The van der Waals surface area contributed by atoms with Crippen LogP contribution in [0.25, 0.3) is 16.7 Å². The highest BCUT2D eigenvalue weighted by Crippen LogP contribution is 2.27. The molecule has 1 N–H and O–H groups in total. The molecule has 0 bridgehead atoms. The normalized spacial score (nSPS) is 11.0. The van der Waals surface area contributed by atoms with Gasteiger partial charge in [-0.25, -0.2) is 4.98 Å². The highest BCUT2D eigenvalue weighted by Gasteiger charge is 2.17. The van der Waals surface area contributed by atoms with Crippen LogP contribution in [-0.2, 0) is 6.42 Å². The predicted octanol–water partition coefficient (Wildman–Crippen LogP) is 3.81. The minimum Gasteiger partial charge on any atom is -0.507 e. The summed E-state index contributed by atoms with van der Waals surface area (Å²) < 4.78 is 1.58. The molecule has 0 atom stereocenters. The molecule has 0 aliphatic carbocycles. The van der Waals surface area contributed by atoms with Crippen molar-refractivity contribution in [2.24, 2.45) is 0 Å². The van der Waals surface area contributed by atoms with Crippen molar-refractivity contribution in [2.75, 3.05) is 5.33 Å². The van der Waals surface area contributed by atoms with Crippen molar-refractivity contribution in [3.63, 3.8) is 0 Å². The zero-order valence-electron chi connectivity index (χ0n) is 12.6. The van der Waals surface area contributed by atoms with E-state index in [0.29, 0.717) is 23.0 Å². The summed E-state index contributed by atoms with van der Waals surface area (Å²) in [5.74, 6) is 0.0554. The fourth-order valence-corrected chi connectivity index (χ4v) is 3.09. The number of pyridine rings is 2. The molecule has 0 saturated heterocycles. The lowest BCUT2D eigenvalue weighted by atomic mass is 10.1. The second-order valence-electron chi connectivity index (χ2n) is 5.32. The van der Waals surface area contributed by atoms with Crippen LogP contribution in [0.1, 0.15) is 18.4 Å². The maximum atomic E-state index is 12.9. The van der Waals surface area contributed by atoms with Gasteiger partial charge in [-0.15, -0.1) is 0 Å². The van der Waals surface area contributed by atoms with Gasteiger partial charge in [0, 0.05) is 11.5 Å². The number of benzene rings is 1. The molecule has 4 nitrogen and oxygen atoms in total. The van der Waals surface area contributed by atoms with E-state index in [2.05, 4.69) is 20.9 Å². The van der Waals surface area contributed by atoms with Crippen LogP contribution in [0.3, 0.4) is 0 Å². The Kier molecular flexibility index (Phi) is 4.76. The number of alkyl halides is 1. The Labute approximate surface area is 142 Å². The molecule has 0 spiro atoms. The van der Waals surface area contributed by atoms with E-state index < -0.39 is 0 Å². The number of para-hydroxylation sites is 1. The minimum atomic E-state index is -0.200. The van der Waals surface area contributed by atoms with Gasteiger partial charge in [0.05, 0.1) is 16.6 Å². The van der Waals surface area contributed by atoms with Crippen molar-refractivity contribution < 1.29 is 5.11 Å². The van der Waals surface area contributed by atoms with E-state index in [4.69, 9.17) is 0 Å². The molecular weight excluding hydrogens is 356 g/mol. The lowest BCUT2D eigenvalue weighted by Gasteiger charge is -2.14. The molecule has 3 aromatic rings. The van der Waals surface area contributed by atoms with E-state index in [1.54, 1.807) is 22.9 Å². The Bertz CT molecular complexity index is 875. The topological polar surface area (TPSA) is 55.1 Å².